The number of nitrogens with one attached hydrogen (secondary N) is 1. The largest absolute Gasteiger partial charge is 0.491 e. The van der Waals surface area contributed by atoms with Crippen molar-refractivity contribution in [2.24, 2.45) is 5.73 Å². The summed E-state index contributed by atoms with van der Waals surface area (Å²) in [6, 6.07) is 5.52. The molecule has 0 unspecified atom stereocenters. The quantitative estimate of drug-likeness (QED) is 0.737. The lowest BCUT2D eigenvalue weighted by Crippen LogP contribution is -2.12. The van der Waals surface area contributed by atoms with Crippen LogP contribution in [0.15, 0.2) is 18.2 Å². The normalized spacial score (nSPS) is 13.6. The second kappa shape index (κ2) is 3.67. The molecule has 14 heavy (non-hydrogen) atoms. The Hall–Kier alpha value is -1.55. The van der Waals surface area contributed by atoms with Crippen molar-refractivity contribution in [1.29, 1.82) is 0 Å². The first-order valence-electron chi connectivity index (χ1n) is 4.56. The van der Waals surface area contributed by atoms with Crippen LogP contribution >= 0.6 is 0 Å². The van der Waals surface area contributed by atoms with Gasteiger partial charge in [-0.1, -0.05) is 6.07 Å². The predicted molar refractivity (Wildman–Crippen MR) is 53.8 cm³/mol. The van der Waals surface area contributed by atoms with Gasteiger partial charge in [-0.3, -0.25) is 4.79 Å². The van der Waals surface area contributed by atoms with Gasteiger partial charge < -0.3 is 15.8 Å². The smallest absolute Gasteiger partial charge is 0.187 e. The van der Waals surface area contributed by atoms with E-state index in [1.807, 2.05) is 12.1 Å². The fourth-order valence-electron chi connectivity index (χ4n) is 1.52. The van der Waals surface area contributed by atoms with Gasteiger partial charge >= 0.3 is 0 Å². The SMILES string of the molecule is NCCOc1cccc2c1C(=O)CN2. The summed E-state index contributed by atoms with van der Waals surface area (Å²) in [5.41, 5.74) is 6.84. The molecule has 4 heteroatoms. The minimum atomic E-state index is 0.0765. The number of hydrogen-bond acceptors (Lipinski definition) is 4. The highest BCUT2D eigenvalue weighted by Gasteiger charge is 2.22. The van der Waals surface area contributed by atoms with Gasteiger partial charge in [-0.2, -0.15) is 0 Å². The van der Waals surface area contributed by atoms with Crippen molar-refractivity contribution >= 4 is 11.5 Å². The maximum absolute atomic E-state index is 11.5. The number of rotatable bonds is 3. The maximum Gasteiger partial charge on any atom is 0.187 e. The lowest BCUT2D eigenvalue weighted by molar-refractivity contribution is 0.101. The third-order valence-corrected chi connectivity index (χ3v) is 2.12. The number of Topliss-reactive ketones (excluding diaryl/α,β-unsaturated/α-hetero) is 1. The zero-order valence-electron chi connectivity index (χ0n) is 7.75. The first-order chi connectivity index (χ1) is 6.83. The summed E-state index contributed by atoms with van der Waals surface area (Å²) in [5.74, 6) is 0.704. The van der Waals surface area contributed by atoms with Crippen molar-refractivity contribution in [1.82, 2.24) is 0 Å². The van der Waals surface area contributed by atoms with Crippen LogP contribution in [0.1, 0.15) is 10.4 Å². The predicted octanol–water partition coefficient (Wildman–Crippen LogP) is 0.632. The number of carbonyl (C=O) groups excluding carboxylic acids is 1. The lowest BCUT2D eigenvalue weighted by Gasteiger charge is -2.07. The van der Waals surface area contributed by atoms with E-state index in [4.69, 9.17) is 10.5 Å². The van der Waals surface area contributed by atoms with Gasteiger partial charge in [0, 0.05) is 12.2 Å². The highest BCUT2D eigenvalue weighted by molar-refractivity contribution is 6.10. The van der Waals surface area contributed by atoms with E-state index in [0.29, 0.717) is 31.0 Å². The van der Waals surface area contributed by atoms with Crippen LogP contribution in [0.4, 0.5) is 5.69 Å². The minimum Gasteiger partial charge on any atom is -0.491 e. The Morgan fingerprint density at radius 1 is 1.50 bits per heavy atom. The average molecular weight is 192 g/mol. The van der Waals surface area contributed by atoms with Gasteiger partial charge in [0.05, 0.1) is 12.1 Å². The van der Waals surface area contributed by atoms with Crippen LogP contribution in [0.5, 0.6) is 5.75 Å². The molecular weight excluding hydrogens is 180 g/mol. The molecule has 0 aromatic heterocycles. The molecule has 0 saturated heterocycles. The Bertz CT molecular complexity index is 363. The minimum absolute atomic E-state index is 0.0765. The highest BCUT2D eigenvalue weighted by Crippen LogP contribution is 2.30. The van der Waals surface area contributed by atoms with E-state index in [0.717, 1.165) is 5.69 Å². The van der Waals surface area contributed by atoms with Crippen molar-refractivity contribution in [2.75, 3.05) is 25.0 Å². The summed E-state index contributed by atoms with van der Waals surface area (Å²) in [6.07, 6.45) is 0. The van der Waals surface area contributed by atoms with Gasteiger partial charge in [-0.25, -0.2) is 0 Å². The topological polar surface area (TPSA) is 64.3 Å². The fourth-order valence-corrected chi connectivity index (χ4v) is 1.52. The summed E-state index contributed by atoms with van der Waals surface area (Å²) in [4.78, 5) is 11.5. The van der Waals surface area contributed by atoms with Gasteiger partial charge in [0.15, 0.2) is 5.78 Å². The Balaban J connectivity index is 2.32. The van der Waals surface area contributed by atoms with Gasteiger partial charge in [0.1, 0.15) is 12.4 Å². The molecule has 0 amide bonds. The molecule has 1 aliphatic heterocycles. The molecule has 4 nitrogen and oxygen atoms in total. The third kappa shape index (κ3) is 1.44. The number of nitrogens with two attached hydrogens (primary N) is 1. The van der Waals surface area contributed by atoms with Crippen molar-refractivity contribution in [2.45, 2.75) is 0 Å². The molecule has 0 atom stereocenters. The molecule has 1 aliphatic rings. The number of ether oxygens (including phenoxy) is 1. The van der Waals surface area contributed by atoms with Crippen molar-refractivity contribution in [3.8, 4) is 5.75 Å². The number of carbonyl (C=O) groups is 1. The van der Waals surface area contributed by atoms with E-state index in [9.17, 15) is 4.79 Å². The molecule has 0 saturated carbocycles. The Kier molecular flexibility index (Phi) is 2.37. The number of ketones is 1. The standard InChI is InChI=1S/C10H12N2O2/c11-4-5-14-9-3-1-2-7-10(9)8(13)6-12-7/h1-3,12H,4-6,11H2. The molecule has 1 aromatic rings. The molecule has 2 rings (SSSR count). The fraction of sp³-hybridized carbons (Fsp3) is 0.300. The number of hydrogen-bond donors (Lipinski definition) is 2. The summed E-state index contributed by atoms with van der Waals surface area (Å²) in [6.45, 7) is 1.24. The van der Waals surface area contributed by atoms with E-state index in [2.05, 4.69) is 5.32 Å². The first-order valence-corrected chi connectivity index (χ1v) is 4.56. The van der Waals surface area contributed by atoms with Crippen LogP contribution < -0.4 is 15.8 Å². The van der Waals surface area contributed by atoms with E-state index >= 15 is 0 Å². The Morgan fingerprint density at radius 2 is 2.36 bits per heavy atom. The molecule has 0 fully saturated rings. The molecule has 0 bridgehead atoms. The third-order valence-electron chi connectivity index (χ3n) is 2.12. The Labute approximate surface area is 82.1 Å². The van der Waals surface area contributed by atoms with Gasteiger partial charge in [-0.05, 0) is 12.1 Å². The summed E-state index contributed by atoms with van der Waals surface area (Å²) in [5, 5.41) is 3.01. The second-order valence-electron chi connectivity index (χ2n) is 3.09. The lowest BCUT2D eigenvalue weighted by atomic mass is 10.1. The number of fused-ring (bicyclic) bond motifs is 1. The number of anilines is 1. The molecule has 74 valence electrons. The second-order valence-corrected chi connectivity index (χ2v) is 3.09. The monoisotopic (exact) mass is 192 g/mol. The van der Waals surface area contributed by atoms with Crippen molar-refractivity contribution in [3.63, 3.8) is 0 Å². The Morgan fingerprint density at radius 3 is 3.14 bits per heavy atom. The average Bonchev–Trinajstić information content (AvgIpc) is 2.58. The van der Waals surface area contributed by atoms with E-state index in [-0.39, 0.29) is 5.78 Å². The summed E-state index contributed by atoms with van der Waals surface area (Å²) < 4.78 is 5.38. The van der Waals surface area contributed by atoms with Gasteiger partial charge in [0.25, 0.3) is 0 Å². The van der Waals surface area contributed by atoms with E-state index in [1.165, 1.54) is 0 Å². The zero-order valence-corrected chi connectivity index (χ0v) is 7.75. The van der Waals surface area contributed by atoms with Crippen LogP contribution in [0.25, 0.3) is 0 Å². The first kappa shape index (κ1) is 9.02. The van der Waals surface area contributed by atoms with E-state index < -0.39 is 0 Å². The molecule has 0 spiro atoms. The molecule has 3 N–H and O–H groups in total. The zero-order chi connectivity index (χ0) is 9.97. The van der Waals surface area contributed by atoms with Crippen LogP contribution in [-0.4, -0.2) is 25.5 Å². The summed E-state index contributed by atoms with van der Waals surface area (Å²) >= 11 is 0. The van der Waals surface area contributed by atoms with Crippen molar-refractivity contribution < 1.29 is 9.53 Å². The number of benzene rings is 1. The molecule has 0 aliphatic carbocycles. The van der Waals surface area contributed by atoms with E-state index in [1.54, 1.807) is 6.07 Å². The van der Waals surface area contributed by atoms with Crippen LogP contribution in [-0.2, 0) is 0 Å². The molecule has 1 aromatic carbocycles. The molecule has 1 heterocycles. The van der Waals surface area contributed by atoms with Crippen molar-refractivity contribution in [3.05, 3.63) is 23.8 Å². The molecular formula is C10H12N2O2. The van der Waals surface area contributed by atoms with Gasteiger partial charge in [0.2, 0.25) is 0 Å². The molecule has 0 radical (unpaired) electrons. The van der Waals surface area contributed by atoms with Gasteiger partial charge in [-0.15, -0.1) is 0 Å². The van der Waals surface area contributed by atoms with Crippen LogP contribution in [0, 0.1) is 0 Å². The van der Waals surface area contributed by atoms with Crippen LogP contribution in [0.3, 0.4) is 0 Å². The van der Waals surface area contributed by atoms with Crippen LogP contribution in [0.2, 0.25) is 0 Å². The summed E-state index contributed by atoms with van der Waals surface area (Å²) in [7, 11) is 0. The maximum atomic E-state index is 11.5. The highest BCUT2D eigenvalue weighted by atomic mass is 16.5.